The molecule has 4 heteroatoms. The zero-order valence-electron chi connectivity index (χ0n) is 12.4. The van der Waals surface area contributed by atoms with Crippen LogP contribution in [-0.2, 0) is 4.74 Å². The van der Waals surface area contributed by atoms with Gasteiger partial charge in [-0.2, -0.15) is 0 Å². The van der Waals surface area contributed by atoms with Crippen molar-refractivity contribution in [1.29, 1.82) is 0 Å². The van der Waals surface area contributed by atoms with Gasteiger partial charge in [-0.25, -0.2) is 4.79 Å². The van der Waals surface area contributed by atoms with Gasteiger partial charge in [0.1, 0.15) is 5.60 Å². The number of nitrogens with two attached hydrogens (primary N) is 1. The third-order valence-corrected chi connectivity index (χ3v) is 3.22. The Morgan fingerprint density at radius 2 is 2.06 bits per heavy atom. The first kappa shape index (κ1) is 15.3. The second-order valence-corrected chi connectivity index (χ2v) is 6.77. The number of piperidine rings is 1. The van der Waals surface area contributed by atoms with E-state index in [9.17, 15) is 4.79 Å². The average molecular weight is 256 g/mol. The van der Waals surface area contributed by atoms with Gasteiger partial charge in [0.2, 0.25) is 0 Å². The molecule has 0 bridgehead atoms. The van der Waals surface area contributed by atoms with Crippen LogP contribution in [0.3, 0.4) is 0 Å². The molecule has 0 aromatic carbocycles. The average Bonchev–Trinajstić information content (AvgIpc) is 2.17. The van der Waals surface area contributed by atoms with Crippen LogP contribution in [0.1, 0.15) is 47.5 Å². The van der Waals surface area contributed by atoms with Gasteiger partial charge in [-0.15, -0.1) is 0 Å². The normalized spacial score (nSPS) is 25.4. The lowest BCUT2D eigenvalue weighted by atomic mass is 9.86. The largest absolute Gasteiger partial charge is 0.444 e. The molecule has 0 saturated carbocycles. The van der Waals surface area contributed by atoms with Gasteiger partial charge in [-0.05, 0) is 45.4 Å². The maximum atomic E-state index is 12.0. The molecule has 1 heterocycles. The summed E-state index contributed by atoms with van der Waals surface area (Å²) in [5, 5.41) is 0. The van der Waals surface area contributed by atoms with Gasteiger partial charge in [0.05, 0.1) is 0 Å². The van der Waals surface area contributed by atoms with E-state index in [2.05, 4.69) is 13.8 Å². The van der Waals surface area contributed by atoms with E-state index < -0.39 is 5.60 Å². The number of hydrogen-bond acceptors (Lipinski definition) is 3. The molecular formula is C14H28N2O2. The van der Waals surface area contributed by atoms with E-state index in [4.69, 9.17) is 10.5 Å². The van der Waals surface area contributed by atoms with E-state index in [1.807, 2.05) is 25.7 Å². The minimum absolute atomic E-state index is 0.205. The number of rotatable bonds is 2. The number of nitrogens with zero attached hydrogens (tertiary/aromatic N) is 1. The van der Waals surface area contributed by atoms with Crippen LogP contribution in [0.2, 0.25) is 0 Å². The molecule has 1 saturated heterocycles. The SMILES string of the molecule is CC(C)C[C@H]1CN(C(=O)OC(C)(C)C)CC[C@H]1N. The molecule has 2 atom stereocenters. The van der Waals surface area contributed by atoms with Crippen molar-refractivity contribution < 1.29 is 9.53 Å². The third kappa shape index (κ3) is 4.84. The zero-order valence-corrected chi connectivity index (χ0v) is 12.4. The molecular weight excluding hydrogens is 228 g/mol. The second-order valence-electron chi connectivity index (χ2n) is 6.77. The van der Waals surface area contributed by atoms with Crippen LogP contribution in [0.25, 0.3) is 0 Å². The van der Waals surface area contributed by atoms with Gasteiger partial charge in [-0.3, -0.25) is 0 Å². The molecule has 1 amide bonds. The van der Waals surface area contributed by atoms with Crippen molar-refractivity contribution in [3.8, 4) is 0 Å². The Hall–Kier alpha value is -0.770. The highest BCUT2D eigenvalue weighted by Crippen LogP contribution is 2.23. The molecule has 1 rings (SSSR count). The fourth-order valence-corrected chi connectivity index (χ4v) is 2.40. The van der Waals surface area contributed by atoms with Gasteiger partial charge in [0.15, 0.2) is 0 Å². The Morgan fingerprint density at radius 1 is 1.44 bits per heavy atom. The molecule has 0 spiro atoms. The lowest BCUT2D eigenvalue weighted by Gasteiger charge is -2.38. The van der Waals surface area contributed by atoms with E-state index in [1.165, 1.54) is 0 Å². The van der Waals surface area contributed by atoms with Gasteiger partial charge >= 0.3 is 6.09 Å². The Bertz CT molecular complexity index is 284. The van der Waals surface area contributed by atoms with E-state index in [0.29, 0.717) is 18.4 Å². The van der Waals surface area contributed by atoms with Crippen molar-refractivity contribution in [2.75, 3.05) is 13.1 Å². The molecule has 2 N–H and O–H groups in total. The van der Waals surface area contributed by atoms with Crippen molar-refractivity contribution in [2.45, 2.75) is 59.1 Å². The molecule has 106 valence electrons. The van der Waals surface area contributed by atoms with Crippen molar-refractivity contribution in [2.24, 2.45) is 17.6 Å². The number of likely N-dealkylation sites (tertiary alicyclic amines) is 1. The first-order valence-electron chi connectivity index (χ1n) is 6.92. The third-order valence-electron chi connectivity index (χ3n) is 3.22. The van der Waals surface area contributed by atoms with Crippen molar-refractivity contribution in [1.82, 2.24) is 4.90 Å². The predicted molar refractivity (Wildman–Crippen MR) is 73.3 cm³/mol. The number of carbonyl (C=O) groups excluding carboxylic acids is 1. The highest BCUT2D eigenvalue weighted by molar-refractivity contribution is 5.68. The minimum atomic E-state index is -0.426. The van der Waals surface area contributed by atoms with Crippen molar-refractivity contribution >= 4 is 6.09 Å². The zero-order chi connectivity index (χ0) is 13.9. The van der Waals surface area contributed by atoms with Gasteiger partial charge in [-0.1, -0.05) is 13.8 Å². The highest BCUT2D eigenvalue weighted by atomic mass is 16.6. The predicted octanol–water partition coefficient (Wildman–Crippen LogP) is 2.62. The summed E-state index contributed by atoms with van der Waals surface area (Å²) in [6.45, 7) is 11.5. The maximum Gasteiger partial charge on any atom is 0.410 e. The molecule has 1 fully saturated rings. The van der Waals surface area contributed by atoms with Gasteiger partial charge in [0, 0.05) is 19.1 Å². The van der Waals surface area contributed by atoms with E-state index >= 15 is 0 Å². The summed E-state index contributed by atoms with van der Waals surface area (Å²) in [5.74, 6) is 1.01. The van der Waals surface area contributed by atoms with Crippen molar-refractivity contribution in [3.05, 3.63) is 0 Å². The van der Waals surface area contributed by atoms with E-state index in [1.54, 1.807) is 0 Å². The van der Waals surface area contributed by atoms with Crippen LogP contribution in [0.5, 0.6) is 0 Å². The Balaban J connectivity index is 2.56. The van der Waals surface area contributed by atoms with E-state index in [0.717, 1.165) is 19.4 Å². The molecule has 1 aliphatic heterocycles. The van der Waals surface area contributed by atoms with Crippen molar-refractivity contribution in [3.63, 3.8) is 0 Å². The van der Waals surface area contributed by atoms with Crippen LogP contribution >= 0.6 is 0 Å². The molecule has 0 aliphatic carbocycles. The number of carbonyl (C=O) groups is 1. The summed E-state index contributed by atoms with van der Waals surface area (Å²) in [5.41, 5.74) is 5.71. The van der Waals surface area contributed by atoms with Crippen LogP contribution in [-0.4, -0.2) is 35.7 Å². The topological polar surface area (TPSA) is 55.6 Å². The monoisotopic (exact) mass is 256 g/mol. The lowest BCUT2D eigenvalue weighted by molar-refractivity contribution is 0.0135. The summed E-state index contributed by atoms with van der Waals surface area (Å²) in [6.07, 6.45) is 1.74. The molecule has 1 aliphatic rings. The summed E-state index contributed by atoms with van der Waals surface area (Å²) in [7, 11) is 0. The second kappa shape index (κ2) is 5.91. The van der Waals surface area contributed by atoms with Crippen LogP contribution < -0.4 is 5.73 Å². The van der Waals surface area contributed by atoms with Gasteiger partial charge in [0.25, 0.3) is 0 Å². The molecule has 0 aromatic rings. The minimum Gasteiger partial charge on any atom is -0.444 e. The van der Waals surface area contributed by atoms with Gasteiger partial charge < -0.3 is 15.4 Å². The Morgan fingerprint density at radius 3 is 2.56 bits per heavy atom. The molecule has 0 unspecified atom stereocenters. The summed E-state index contributed by atoms with van der Waals surface area (Å²) in [4.78, 5) is 13.8. The number of hydrogen-bond donors (Lipinski definition) is 1. The quantitative estimate of drug-likeness (QED) is 0.826. The Kier molecular flexibility index (Phi) is 5.02. The van der Waals surface area contributed by atoms with Crippen LogP contribution in [0, 0.1) is 11.8 Å². The van der Waals surface area contributed by atoms with Crippen LogP contribution in [0.4, 0.5) is 4.79 Å². The lowest BCUT2D eigenvalue weighted by Crippen LogP contribution is -2.50. The fraction of sp³-hybridized carbons (Fsp3) is 0.929. The molecule has 18 heavy (non-hydrogen) atoms. The standard InChI is InChI=1S/C14H28N2O2/c1-10(2)8-11-9-16(7-6-12(11)15)13(17)18-14(3,4)5/h10-12H,6-9,15H2,1-5H3/t11-,12+/m0/s1. The number of amides is 1. The smallest absolute Gasteiger partial charge is 0.410 e. The number of ether oxygens (including phenoxy) is 1. The maximum absolute atomic E-state index is 12.0. The first-order valence-corrected chi connectivity index (χ1v) is 6.92. The molecule has 4 nitrogen and oxygen atoms in total. The highest BCUT2D eigenvalue weighted by Gasteiger charge is 2.31. The summed E-state index contributed by atoms with van der Waals surface area (Å²) in [6, 6.07) is 0.214. The summed E-state index contributed by atoms with van der Waals surface area (Å²) < 4.78 is 5.41. The van der Waals surface area contributed by atoms with Crippen LogP contribution in [0.15, 0.2) is 0 Å². The Labute approximate surface area is 111 Å². The van der Waals surface area contributed by atoms with E-state index in [-0.39, 0.29) is 12.1 Å². The molecule has 0 aromatic heterocycles. The fourth-order valence-electron chi connectivity index (χ4n) is 2.40. The molecule has 0 radical (unpaired) electrons. The summed E-state index contributed by atoms with van der Waals surface area (Å²) >= 11 is 0. The first-order chi connectivity index (χ1) is 8.19.